The summed E-state index contributed by atoms with van der Waals surface area (Å²) in [4.78, 5) is 12.0. The summed E-state index contributed by atoms with van der Waals surface area (Å²) < 4.78 is 15.5. The molecule has 0 radical (unpaired) electrons. The molecule has 130 valence electrons. The molecular weight excluding hydrogens is 312 g/mol. The van der Waals surface area contributed by atoms with E-state index in [1.807, 2.05) is 0 Å². The Morgan fingerprint density at radius 3 is 2.46 bits per heavy atom. The molecule has 0 spiro atoms. The van der Waals surface area contributed by atoms with E-state index in [-0.39, 0.29) is 6.54 Å². The van der Waals surface area contributed by atoms with Gasteiger partial charge in [-0.2, -0.15) is 0 Å². The number of furan rings is 1. The van der Waals surface area contributed by atoms with Crippen LogP contribution in [0.3, 0.4) is 0 Å². The second-order valence-electron chi connectivity index (χ2n) is 5.66. The average molecular weight is 334 g/mol. The van der Waals surface area contributed by atoms with Crippen molar-refractivity contribution in [1.29, 1.82) is 0 Å². The van der Waals surface area contributed by atoms with Crippen LogP contribution in [-0.2, 0) is 6.42 Å². The summed E-state index contributed by atoms with van der Waals surface area (Å²) in [7, 11) is 3.06. The molecule has 7 nitrogen and oxygen atoms in total. The highest BCUT2D eigenvalue weighted by Crippen LogP contribution is 2.25. The predicted octanol–water partition coefficient (Wildman–Crippen LogP) is 2.41. The van der Waals surface area contributed by atoms with E-state index in [1.54, 1.807) is 43.5 Å². The molecular formula is C17H22N2O5. The second kappa shape index (κ2) is 7.74. The fourth-order valence-electron chi connectivity index (χ4n) is 2.18. The van der Waals surface area contributed by atoms with E-state index in [2.05, 4.69) is 10.6 Å². The van der Waals surface area contributed by atoms with E-state index < -0.39 is 11.6 Å². The lowest BCUT2D eigenvalue weighted by Crippen LogP contribution is -2.43. The smallest absolute Gasteiger partial charge is 0.319 e. The van der Waals surface area contributed by atoms with E-state index in [9.17, 15) is 9.90 Å². The number of hydrogen-bond acceptors (Lipinski definition) is 5. The normalized spacial score (nSPS) is 13.0. The molecule has 2 rings (SSSR count). The minimum Gasteiger partial charge on any atom is -0.497 e. The first-order valence-corrected chi connectivity index (χ1v) is 7.44. The van der Waals surface area contributed by atoms with Gasteiger partial charge in [-0.1, -0.05) is 0 Å². The summed E-state index contributed by atoms with van der Waals surface area (Å²) in [5.41, 5.74) is -0.601. The standard InChI is InChI=1S/C17H22N2O5/c1-17(21,10-13-5-4-6-24-13)11-18-16(20)19-12-7-14(22-2)9-15(8-12)23-3/h4-9,21H,10-11H2,1-3H3,(H2,18,19,20). The van der Waals surface area contributed by atoms with E-state index in [4.69, 9.17) is 13.9 Å². The lowest BCUT2D eigenvalue weighted by Gasteiger charge is -2.22. The summed E-state index contributed by atoms with van der Waals surface area (Å²) in [6, 6.07) is 8.13. The molecule has 0 aliphatic rings. The number of urea groups is 1. The van der Waals surface area contributed by atoms with Crippen LogP contribution in [-0.4, -0.2) is 37.5 Å². The number of rotatable bonds is 7. The third-order valence-electron chi connectivity index (χ3n) is 3.37. The van der Waals surface area contributed by atoms with E-state index in [0.29, 0.717) is 29.4 Å². The van der Waals surface area contributed by atoms with Crippen LogP contribution >= 0.6 is 0 Å². The molecule has 2 amide bonds. The first-order chi connectivity index (χ1) is 11.4. The number of aliphatic hydroxyl groups is 1. The number of hydrogen-bond donors (Lipinski definition) is 3. The van der Waals surface area contributed by atoms with Gasteiger partial charge < -0.3 is 29.6 Å². The Labute approximate surface area is 140 Å². The first kappa shape index (κ1) is 17.7. The summed E-state index contributed by atoms with van der Waals surface area (Å²) in [6.07, 6.45) is 1.84. The lowest BCUT2D eigenvalue weighted by atomic mass is 10.0. The van der Waals surface area contributed by atoms with Crippen LogP contribution in [0.15, 0.2) is 41.0 Å². The highest BCUT2D eigenvalue weighted by Gasteiger charge is 2.23. The van der Waals surface area contributed by atoms with Gasteiger partial charge in [0.2, 0.25) is 0 Å². The Morgan fingerprint density at radius 1 is 1.25 bits per heavy atom. The Morgan fingerprint density at radius 2 is 1.92 bits per heavy atom. The van der Waals surface area contributed by atoms with Gasteiger partial charge in [0.25, 0.3) is 0 Å². The average Bonchev–Trinajstić information content (AvgIpc) is 3.04. The van der Waals surface area contributed by atoms with Gasteiger partial charge in [0, 0.05) is 36.9 Å². The fourth-order valence-corrected chi connectivity index (χ4v) is 2.18. The van der Waals surface area contributed by atoms with Gasteiger partial charge in [-0.3, -0.25) is 0 Å². The van der Waals surface area contributed by atoms with Crippen LogP contribution in [0, 0.1) is 0 Å². The number of ether oxygens (including phenoxy) is 2. The minimum absolute atomic E-state index is 0.0701. The maximum Gasteiger partial charge on any atom is 0.319 e. The Kier molecular flexibility index (Phi) is 5.70. The molecule has 1 atom stereocenters. The second-order valence-corrected chi connectivity index (χ2v) is 5.66. The number of nitrogens with one attached hydrogen (secondary N) is 2. The van der Waals surface area contributed by atoms with Crippen LogP contribution in [0.4, 0.5) is 10.5 Å². The van der Waals surface area contributed by atoms with Crippen molar-refractivity contribution in [2.75, 3.05) is 26.1 Å². The van der Waals surface area contributed by atoms with Gasteiger partial charge >= 0.3 is 6.03 Å². The van der Waals surface area contributed by atoms with Crippen LogP contribution < -0.4 is 20.1 Å². The molecule has 0 fully saturated rings. The van der Waals surface area contributed by atoms with Crippen LogP contribution in [0.2, 0.25) is 0 Å². The van der Waals surface area contributed by atoms with Crippen molar-refractivity contribution < 1.29 is 23.8 Å². The molecule has 3 N–H and O–H groups in total. The van der Waals surface area contributed by atoms with Crippen molar-refractivity contribution in [3.63, 3.8) is 0 Å². The number of carbonyl (C=O) groups excluding carboxylic acids is 1. The number of methoxy groups -OCH3 is 2. The minimum atomic E-state index is -1.12. The van der Waals surface area contributed by atoms with Crippen molar-refractivity contribution in [2.45, 2.75) is 18.9 Å². The van der Waals surface area contributed by atoms with Crippen molar-refractivity contribution in [3.05, 3.63) is 42.4 Å². The zero-order valence-corrected chi connectivity index (χ0v) is 14.0. The molecule has 0 bridgehead atoms. The molecule has 0 aliphatic carbocycles. The SMILES string of the molecule is COc1cc(NC(=O)NCC(C)(O)Cc2ccco2)cc(OC)c1. The van der Waals surface area contributed by atoms with Crippen LogP contribution in [0.1, 0.15) is 12.7 Å². The van der Waals surface area contributed by atoms with Gasteiger partial charge in [0.15, 0.2) is 0 Å². The molecule has 0 saturated heterocycles. The maximum absolute atomic E-state index is 12.0. The van der Waals surface area contributed by atoms with Crippen molar-refractivity contribution in [2.24, 2.45) is 0 Å². The van der Waals surface area contributed by atoms with E-state index in [0.717, 1.165) is 0 Å². The van der Waals surface area contributed by atoms with Crippen molar-refractivity contribution >= 4 is 11.7 Å². The molecule has 1 heterocycles. The Bertz CT molecular complexity index is 645. The quantitative estimate of drug-likeness (QED) is 0.723. The highest BCUT2D eigenvalue weighted by molar-refractivity contribution is 5.89. The van der Waals surface area contributed by atoms with Gasteiger partial charge in [-0.05, 0) is 19.1 Å². The number of benzene rings is 1. The number of carbonyl (C=O) groups is 1. The zero-order chi connectivity index (χ0) is 17.6. The highest BCUT2D eigenvalue weighted by atomic mass is 16.5. The first-order valence-electron chi connectivity index (χ1n) is 7.44. The fraction of sp³-hybridized carbons (Fsp3) is 0.353. The van der Waals surface area contributed by atoms with Gasteiger partial charge in [-0.25, -0.2) is 4.79 Å². The topological polar surface area (TPSA) is 93.0 Å². The Hall–Kier alpha value is -2.67. The number of anilines is 1. The summed E-state index contributed by atoms with van der Waals surface area (Å²) in [5.74, 6) is 1.78. The van der Waals surface area contributed by atoms with E-state index >= 15 is 0 Å². The van der Waals surface area contributed by atoms with Gasteiger partial charge in [0.05, 0.1) is 26.1 Å². The molecule has 0 saturated carbocycles. The largest absolute Gasteiger partial charge is 0.497 e. The molecule has 1 aromatic carbocycles. The van der Waals surface area contributed by atoms with E-state index in [1.165, 1.54) is 14.2 Å². The Balaban J connectivity index is 1.91. The summed E-state index contributed by atoms with van der Waals surface area (Å²) in [5, 5.41) is 15.6. The molecule has 24 heavy (non-hydrogen) atoms. The van der Waals surface area contributed by atoms with Crippen molar-refractivity contribution in [1.82, 2.24) is 5.32 Å². The number of amides is 2. The van der Waals surface area contributed by atoms with Crippen LogP contribution in [0.5, 0.6) is 11.5 Å². The molecule has 1 unspecified atom stereocenters. The monoisotopic (exact) mass is 334 g/mol. The maximum atomic E-state index is 12.0. The molecule has 7 heteroatoms. The molecule has 0 aliphatic heterocycles. The van der Waals surface area contributed by atoms with Crippen LogP contribution in [0.25, 0.3) is 0 Å². The predicted molar refractivity (Wildman–Crippen MR) is 89.6 cm³/mol. The summed E-state index contributed by atoms with van der Waals surface area (Å²) >= 11 is 0. The van der Waals surface area contributed by atoms with Gasteiger partial charge in [0.1, 0.15) is 17.3 Å². The third kappa shape index (κ3) is 5.20. The summed E-state index contributed by atoms with van der Waals surface area (Å²) in [6.45, 7) is 1.70. The van der Waals surface area contributed by atoms with Gasteiger partial charge in [-0.15, -0.1) is 0 Å². The zero-order valence-electron chi connectivity index (χ0n) is 14.0. The van der Waals surface area contributed by atoms with Crippen molar-refractivity contribution in [3.8, 4) is 11.5 Å². The molecule has 1 aromatic heterocycles. The molecule has 2 aromatic rings. The third-order valence-corrected chi connectivity index (χ3v) is 3.37. The lowest BCUT2D eigenvalue weighted by molar-refractivity contribution is 0.0577.